The molecule has 0 bridgehead atoms. The molecule has 0 heterocycles. The van der Waals surface area contributed by atoms with E-state index in [-0.39, 0.29) is 48.8 Å². The summed E-state index contributed by atoms with van der Waals surface area (Å²) in [5, 5.41) is 11.2. The number of aromatic carboxylic acids is 1. The smallest absolute Gasteiger partial charge is 0.870 e. The van der Waals surface area contributed by atoms with Crippen LogP contribution in [0, 0.1) is 0 Å². The maximum absolute atomic E-state index is 11.2. The van der Waals surface area contributed by atoms with Crippen LogP contribution < -0.4 is 42.8 Å². The van der Waals surface area contributed by atoms with Gasteiger partial charge in [0.1, 0.15) is 0 Å². The molecule has 0 aromatic heterocycles. The van der Waals surface area contributed by atoms with E-state index in [0.29, 0.717) is 5.56 Å². The van der Waals surface area contributed by atoms with Gasteiger partial charge in [0.25, 0.3) is 0 Å². The Hall–Kier alpha value is -2.05. The molecule has 0 atom stereocenters. The molecule has 2 aliphatic rings. The zero-order chi connectivity index (χ0) is 18.5. The van der Waals surface area contributed by atoms with Crippen molar-refractivity contribution in [3.63, 3.8) is 0 Å². The molecule has 3 aromatic carbocycles. The van der Waals surface area contributed by atoms with E-state index in [1.807, 2.05) is 30.6 Å². The van der Waals surface area contributed by atoms with E-state index in [1.165, 1.54) is 38.9 Å². The Kier molecular flexibility index (Phi) is 7.59. The summed E-state index contributed by atoms with van der Waals surface area (Å²) in [6.07, 6.45) is 5.25. The molecule has 4 nitrogen and oxygen atoms in total. The average molecular weight is 383 g/mol. The molecule has 0 radical (unpaired) electrons. The van der Waals surface area contributed by atoms with Crippen molar-refractivity contribution in [1.82, 2.24) is 0 Å². The van der Waals surface area contributed by atoms with Crippen LogP contribution in [-0.4, -0.2) is 17.7 Å². The summed E-state index contributed by atoms with van der Waals surface area (Å²) in [6.45, 7) is 0. The van der Waals surface area contributed by atoms with Gasteiger partial charge in [-0.1, -0.05) is 35.4 Å². The van der Waals surface area contributed by atoms with Gasteiger partial charge in [-0.05, 0) is 70.7 Å². The topological polar surface area (TPSA) is 87.2 Å². The quantitative estimate of drug-likeness (QED) is 0.232. The van der Waals surface area contributed by atoms with Gasteiger partial charge in [-0.25, -0.2) is 0 Å². The summed E-state index contributed by atoms with van der Waals surface area (Å²) < 4.78 is 0. The van der Waals surface area contributed by atoms with E-state index in [1.54, 1.807) is 12.1 Å². The Balaban J connectivity index is 0.00000107. The van der Waals surface area contributed by atoms with E-state index in [9.17, 15) is 14.7 Å². The second-order valence-electron chi connectivity index (χ2n) is 7.45. The number of carboxylic acids is 1. The number of hydrogen-bond acceptors (Lipinski definition) is 4. The van der Waals surface area contributed by atoms with Crippen LogP contribution in [0.4, 0.5) is 0 Å². The summed E-state index contributed by atoms with van der Waals surface area (Å²) in [6, 6.07) is 15.7. The minimum atomic E-state index is -1.13. The van der Waals surface area contributed by atoms with E-state index < -0.39 is 5.97 Å². The van der Waals surface area contributed by atoms with Crippen molar-refractivity contribution in [3.8, 4) is 0 Å². The first kappa shape index (κ1) is 24.2. The molecule has 30 heavy (non-hydrogen) atoms. The van der Waals surface area contributed by atoms with Crippen molar-refractivity contribution in [3.05, 3.63) is 104 Å². The molecule has 0 spiro atoms. The molecule has 2 aliphatic carbocycles. The van der Waals surface area contributed by atoms with Crippen LogP contribution in [0.2, 0.25) is 0 Å². The van der Waals surface area contributed by atoms with E-state index in [0.717, 1.165) is 31.2 Å². The zero-order valence-electron chi connectivity index (χ0n) is 17.1. The third-order valence-corrected chi connectivity index (χ3v) is 5.81. The first-order valence-electron chi connectivity index (χ1n) is 9.07. The summed E-state index contributed by atoms with van der Waals surface area (Å²) in [4.78, 5) is 22.1. The van der Waals surface area contributed by atoms with Gasteiger partial charge in [0.2, 0.25) is 0 Å². The number of carbonyl (C=O) groups is 1. The summed E-state index contributed by atoms with van der Waals surface area (Å²) in [7, 11) is 0. The summed E-state index contributed by atoms with van der Waals surface area (Å²) in [5.74, 6) is -1.13. The molecule has 0 saturated carbocycles. The predicted molar refractivity (Wildman–Crippen MR) is 102 cm³/mol. The maximum Gasteiger partial charge on any atom is 1.00 e. The van der Waals surface area contributed by atoms with Crippen LogP contribution >= 0.6 is 0 Å². The minimum Gasteiger partial charge on any atom is -0.870 e. The van der Waals surface area contributed by atoms with Crippen molar-refractivity contribution in [2.24, 2.45) is 0 Å². The third kappa shape index (κ3) is 4.21. The van der Waals surface area contributed by atoms with Gasteiger partial charge < -0.3 is 20.2 Å². The number of carboxylic acid groups (broad SMARTS) is 1. The molecule has 0 amide bonds. The predicted octanol–water partition coefficient (Wildman–Crippen LogP) is -3.67. The largest absolute Gasteiger partial charge is 1.00 e. The first-order valence-corrected chi connectivity index (χ1v) is 9.07. The summed E-state index contributed by atoms with van der Waals surface area (Å²) >= 11 is 0. The standard InChI is InChI=1S/C24H17O3.2Li.H2O/c25-13-14-1-2-15-6-20-12-23-10-19-8-17(24(26)27)4-3-16(19)7-21(23)11-22(20)9-18(15)5-14;;;/h1-5,8,11-12H,6-7,9-10H2,(H,26,27);;;1H2/q-1;2*+1;/p-2. The number of carbonyl (C=O) groups excluding carboxylic acids is 2. The van der Waals surface area contributed by atoms with Crippen LogP contribution in [0.15, 0.2) is 48.5 Å². The van der Waals surface area contributed by atoms with Crippen molar-refractivity contribution in [2.45, 2.75) is 25.7 Å². The van der Waals surface area contributed by atoms with Gasteiger partial charge in [-0.2, -0.15) is 17.7 Å². The molecule has 0 saturated heterocycles. The number of fused-ring (bicyclic) bond motifs is 4. The molecule has 5 rings (SSSR count). The van der Waals surface area contributed by atoms with Crippen LogP contribution in [-0.2, 0) is 30.5 Å². The maximum atomic E-state index is 11.2. The molecule has 0 aliphatic heterocycles. The summed E-state index contributed by atoms with van der Waals surface area (Å²) in [5.41, 5.74) is 10.8. The molecule has 3 aromatic rings. The van der Waals surface area contributed by atoms with Crippen LogP contribution in [0.25, 0.3) is 0 Å². The third-order valence-electron chi connectivity index (χ3n) is 5.81. The molecule has 6 heteroatoms. The average Bonchev–Trinajstić information content (AvgIpc) is 2.68. The van der Waals surface area contributed by atoms with Gasteiger partial charge >= 0.3 is 37.7 Å². The molecular formula is C24H17Li2O4-. The van der Waals surface area contributed by atoms with E-state index in [4.69, 9.17) is 0 Å². The zero-order valence-corrected chi connectivity index (χ0v) is 17.1. The second kappa shape index (κ2) is 9.40. The van der Waals surface area contributed by atoms with E-state index in [2.05, 4.69) is 12.1 Å². The van der Waals surface area contributed by atoms with Crippen molar-refractivity contribution in [2.75, 3.05) is 0 Å². The fourth-order valence-electron chi connectivity index (χ4n) is 4.39. The molecular weight excluding hydrogens is 366 g/mol. The monoisotopic (exact) mass is 383 g/mol. The number of hydrogen-bond donors (Lipinski definition) is 0. The minimum absolute atomic E-state index is 0. The van der Waals surface area contributed by atoms with Crippen molar-refractivity contribution < 1.29 is 57.9 Å². The van der Waals surface area contributed by atoms with Gasteiger partial charge in [0, 0.05) is 0 Å². The van der Waals surface area contributed by atoms with Gasteiger partial charge in [0.15, 0.2) is 0 Å². The Morgan fingerprint density at radius 2 is 1.10 bits per heavy atom. The Morgan fingerprint density at radius 3 is 1.60 bits per heavy atom. The van der Waals surface area contributed by atoms with E-state index >= 15 is 0 Å². The second-order valence-corrected chi connectivity index (χ2v) is 7.45. The normalized spacial score (nSPS) is 12.4. The molecule has 1 N–H and O–H groups in total. The fraction of sp³-hybridized carbons (Fsp3) is 0.167. The van der Waals surface area contributed by atoms with Crippen LogP contribution in [0.3, 0.4) is 0 Å². The van der Waals surface area contributed by atoms with Gasteiger partial charge in [0.05, 0.1) is 12.3 Å². The molecule has 0 unspecified atom stereocenters. The van der Waals surface area contributed by atoms with Crippen molar-refractivity contribution in [1.29, 1.82) is 0 Å². The molecule has 0 fully saturated rings. The van der Waals surface area contributed by atoms with Crippen LogP contribution in [0.5, 0.6) is 0 Å². The van der Waals surface area contributed by atoms with Gasteiger partial charge in [-0.3, -0.25) is 0 Å². The Morgan fingerprint density at radius 1 is 0.667 bits per heavy atom. The van der Waals surface area contributed by atoms with Gasteiger partial charge in [-0.15, -0.1) is 6.07 Å². The Bertz CT molecular complexity index is 1140. The SMILES string of the molecule is O=[C-]c1ccc2c(c1)Cc1cc3c(cc1C2)Cc1cc(C(=O)[O-])ccc1C3.[Li+].[Li+].[OH-]. The number of rotatable bonds is 2. The molecule has 140 valence electrons. The first-order chi connectivity index (χ1) is 13.1. The fourth-order valence-corrected chi connectivity index (χ4v) is 4.39. The Labute approximate surface area is 199 Å². The van der Waals surface area contributed by atoms with Crippen molar-refractivity contribution >= 4 is 12.3 Å². The number of benzene rings is 3. The van der Waals surface area contributed by atoms with Crippen LogP contribution in [0.1, 0.15) is 60.4 Å².